The molecule has 1 N–H and O–H groups in total. The molecule has 3 nitrogen and oxygen atoms in total. The van der Waals surface area contributed by atoms with Gasteiger partial charge in [0.25, 0.3) is 0 Å². The standard InChI is InChI=1S/C18H27FN2O/c1-3-4-5-6-7-8-9-10-18(22)21-20-15(2)16-11-13-17(19)14-12-16/h11-14H,3-10H2,1-2H3,(H,21,22). The van der Waals surface area contributed by atoms with E-state index in [2.05, 4.69) is 17.5 Å². The number of halogens is 1. The molecule has 22 heavy (non-hydrogen) atoms. The molecule has 122 valence electrons. The lowest BCUT2D eigenvalue weighted by atomic mass is 10.1. The molecule has 0 bridgehead atoms. The van der Waals surface area contributed by atoms with E-state index in [0.29, 0.717) is 12.1 Å². The number of hydrazone groups is 1. The van der Waals surface area contributed by atoms with Gasteiger partial charge < -0.3 is 0 Å². The summed E-state index contributed by atoms with van der Waals surface area (Å²) in [6.45, 7) is 4.00. The van der Waals surface area contributed by atoms with Crippen LogP contribution in [0.4, 0.5) is 4.39 Å². The fourth-order valence-electron chi connectivity index (χ4n) is 2.20. The van der Waals surface area contributed by atoms with Crippen molar-refractivity contribution in [2.24, 2.45) is 5.10 Å². The fraction of sp³-hybridized carbons (Fsp3) is 0.556. The maximum atomic E-state index is 12.8. The number of nitrogens with one attached hydrogen (secondary N) is 1. The van der Waals surface area contributed by atoms with Gasteiger partial charge in [-0.25, -0.2) is 9.82 Å². The first-order valence-electron chi connectivity index (χ1n) is 8.22. The number of hydrogen-bond acceptors (Lipinski definition) is 2. The van der Waals surface area contributed by atoms with Crippen molar-refractivity contribution in [1.29, 1.82) is 0 Å². The summed E-state index contributed by atoms with van der Waals surface area (Å²) in [5.74, 6) is -0.338. The molecule has 0 spiro atoms. The highest BCUT2D eigenvalue weighted by molar-refractivity contribution is 5.99. The van der Waals surface area contributed by atoms with Gasteiger partial charge in [-0.1, -0.05) is 57.6 Å². The summed E-state index contributed by atoms with van der Waals surface area (Å²) < 4.78 is 12.8. The highest BCUT2D eigenvalue weighted by atomic mass is 19.1. The van der Waals surface area contributed by atoms with Crippen LogP contribution >= 0.6 is 0 Å². The van der Waals surface area contributed by atoms with E-state index in [1.54, 1.807) is 19.1 Å². The molecule has 1 rings (SSSR count). The fourth-order valence-corrected chi connectivity index (χ4v) is 2.20. The third kappa shape index (κ3) is 7.91. The van der Waals surface area contributed by atoms with Gasteiger partial charge in [-0.3, -0.25) is 4.79 Å². The van der Waals surface area contributed by atoms with E-state index in [9.17, 15) is 9.18 Å². The third-order valence-electron chi connectivity index (χ3n) is 3.62. The molecule has 1 amide bonds. The highest BCUT2D eigenvalue weighted by Crippen LogP contribution is 2.08. The smallest absolute Gasteiger partial charge is 0.240 e. The second kappa shape index (κ2) is 10.9. The van der Waals surface area contributed by atoms with Crippen LogP contribution in [0.5, 0.6) is 0 Å². The zero-order valence-corrected chi connectivity index (χ0v) is 13.7. The van der Waals surface area contributed by atoms with Crippen LogP contribution in [0, 0.1) is 5.82 Å². The third-order valence-corrected chi connectivity index (χ3v) is 3.62. The number of benzene rings is 1. The minimum atomic E-state index is -0.278. The van der Waals surface area contributed by atoms with E-state index in [-0.39, 0.29) is 11.7 Å². The molecular formula is C18H27FN2O. The van der Waals surface area contributed by atoms with Crippen molar-refractivity contribution in [1.82, 2.24) is 5.43 Å². The van der Waals surface area contributed by atoms with Crippen molar-refractivity contribution in [3.8, 4) is 0 Å². The molecule has 0 saturated heterocycles. The number of carbonyl (C=O) groups is 1. The summed E-state index contributed by atoms with van der Waals surface area (Å²) >= 11 is 0. The summed E-state index contributed by atoms with van der Waals surface area (Å²) in [6.07, 6.45) is 8.83. The Bertz CT molecular complexity index is 468. The second-order valence-corrected chi connectivity index (χ2v) is 5.61. The number of hydrogen-bond donors (Lipinski definition) is 1. The second-order valence-electron chi connectivity index (χ2n) is 5.61. The van der Waals surface area contributed by atoms with E-state index in [1.165, 1.54) is 44.2 Å². The normalized spacial score (nSPS) is 11.5. The number of rotatable bonds is 10. The molecule has 1 aromatic carbocycles. The van der Waals surface area contributed by atoms with Gasteiger partial charge in [0.15, 0.2) is 0 Å². The largest absolute Gasteiger partial charge is 0.273 e. The molecule has 0 aliphatic carbocycles. The molecule has 0 heterocycles. The first-order valence-corrected chi connectivity index (χ1v) is 8.22. The first kappa shape index (κ1) is 18.3. The van der Waals surface area contributed by atoms with Gasteiger partial charge in [0.2, 0.25) is 5.91 Å². The Morgan fingerprint density at radius 2 is 1.64 bits per heavy atom. The summed E-state index contributed by atoms with van der Waals surface area (Å²) in [6, 6.07) is 6.07. The Morgan fingerprint density at radius 3 is 2.27 bits per heavy atom. The molecule has 0 aromatic heterocycles. The van der Waals surface area contributed by atoms with Gasteiger partial charge in [-0.05, 0) is 31.0 Å². The zero-order chi connectivity index (χ0) is 16.2. The molecule has 0 atom stereocenters. The van der Waals surface area contributed by atoms with Crippen LogP contribution in [0.25, 0.3) is 0 Å². The molecule has 0 aliphatic rings. The van der Waals surface area contributed by atoms with Crippen molar-refractivity contribution in [2.75, 3.05) is 0 Å². The van der Waals surface area contributed by atoms with Gasteiger partial charge in [0.1, 0.15) is 5.82 Å². The molecule has 0 unspecified atom stereocenters. The lowest BCUT2D eigenvalue weighted by Crippen LogP contribution is -2.18. The van der Waals surface area contributed by atoms with E-state index >= 15 is 0 Å². The molecule has 0 fully saturated rings. The zero-order valence-electron chi connectivity index (χ0n) is 13.7. The Labute approximate surface area is 133 Å². The molecule has 1 aromatic rings. The van der Waals surface area contributed by atoms with E-state index in [1.807, 2.05) is 0 Å². The summed E-state index contributed by atoms with van der Waals surface area (Å²) in [7, 11) is 0. The predicted molar refractivity (Wildman–Crippen MR) is 89.4 cm³/mol. The number of nitrogens with zero attached hydrogens (tertiary/aromatic N) is 1. The topological polar surface area (TPSA) is 41.5 Å². The summed E-state index contributed by atoms with van der Waals surface area (Å²) in [5, 5.41) is 4.06. The van der Waals surface area contributed by atoms with Gasteiger partial charge in [0.05, 0.1) is 5.71 Å². The van der Waals surface area contributed by atoms with Crippen LogP contribution in [-0.2, 0) is 4.79 Å². The van der Waals surface area contributed by atoms with Crippen LogP contribution < -0.4 is 5.43 Å². The van der Waals surface area contributed by atoms with E-state index in [4.69, 9.17) is 0 Å². The molecular weight excluding hydrogens is 279 g/mol. The molecule has 0 radical (unpaired) electrons. The van der Waals surface area contributed by atoms with Crippen molar-refractivity contribution < 1.29 is 9.18 Å². The summed E-state index contributed by atoms with van der Waals surface area (Å²) in [5.41, 5.74) is 4.04. The van der Waals surface area contributed by atoms with Crippen LogP contribution in [-0.4, -0.2) is 11.6 Å². The lowest BCUT2D eigenvalue weighted by molar-refractivity contribution is -0.121. The maximum Gasteiger partial charge on any atom is 0.240 e. The maximum absolute atomic E-state index is 12.8. The molecule has 0 aliphatic heterocycles. The average Bonchev–Trinajstić information content (AvgIpc) is 2.52. The Kier molecular flexibility index (Phi) is 9.12. The SMILES string of the molecule is CCCCCCCCCC(=O)NN=C(C)c1ccc(F)cc1. The van der Waals surface area contributed by atoms with E-state index in [0.717, 1.165) is 18.4 Å². The Balaban J connectivity index is 2.19. The van der Waals surface area contributed by atoms with Gasteiger partial charge in [-0.2, -0.15) is 5.10 Å². The minimum absolute atomic E-state index is 0.0602. The van der Waals surface area contributed by atoms with Crippen molar-refractivity contribution in [3.05, 3.63) is 35.6 Å². The monoisotopic (exact) mass is 306 g/mol. The summed E-state index contributed by atoms with van der Waals surface area (Å²) in [4.78, 5) is 11.7. The van der Waals surface area contributed by atoms with Crippen LogP contribution in [0.15, 0.2) is 29.4 Å². The van der Waals surface area contributed by atoms with Crippen molar-refractivity contribution in [2.45, 2.75) is 65.2 Å². The van der Waals surface area contributed by atoms with Crippen molar-refractivity contribution >= 4 is 11.6 Å². The highest BCUT2D eigenvalue weighted by Gasteiger charge is 2.02. The minimum Gasteiger partial charge on any atom is -0.273 e. The molecule has 0 saturated carbocycles. The van der Waals surface area contributed by atoms with Crippen LogP contribution in [0.1, 0.15) is 70.8 Å². The van der Waals surface area contributed by atoms with Gasteiger partial charge in [0, 0.05) is 6.42 Å². The predicted octanol–water partition coefficient (Wildman–Crippen LogP) is 4.81. The number of carbonyl (C=O) groups excluding carboxylic acids is 1. The van der Waals surface area contributed by atoms with Crippen LogP contribution in [0.2, 0.25) is 0 Å². The average molecular weight is 306 g/mol. The Morgan fingerprint density at radius 1 is 1.05 bits per heavy atom. The number of unbranched alkanes of at least 4 members (excludes halogenated alkanes) is 6. The number of amides is 1. The quantitative estimate of drug-likeness (QED) is 0.376. The van der Waals surface area contributed by atoms with Gasteiger partial charge >= 0.3 is 0 Å². The molecule has 4 heteroatoms. The van der Waals surface area contributed by atoms with Crippen LogP contribution in [0.3, 0.4) is 0 Å². The first-order chi connectivity index (χ1) is 10.6. The Hall–Kier alpha value is -1.71. The lowest BCUT2D eigenvalue weighted by Gasteiger charge is -2.03. The van der Waals surface area contributed by atoms with Gasteiger partial charge in [-0.15, -0.1) is 0 Å². The van der Waals surface area contributed by atoms with Crippen molar-refractivity contribution in [3.63, 3.8) is 0 Å². The van der Waals surface area contributed by atoms with E-state index < -0.39 is 0 Å².